The molecule has 1 saturated heterocycles. The summed E-state index contributed by atoms with van der Waals surface area (Å²) in [6.07, 6.45) is -2.21. The summed E-state index contributed by atoms with van der Waals surface area (Å²) in [6, 6.07) is 5.29. The lowest BCUT2D eigenvalue weighted by Crippen LogP contribution is -2.35. The second-order valence-electron chi connectivity index (χ2n) is 6.38. The van der Waals surface area contributed by atoms with Crippen LogP contribution < -0.4 is 10.1 Å². The highest BCUT2D eigenvalue weighted by atomic mass is 32.2. The van der Waals surface area contributed by atoms with Gasteiger partial charge in [0.2, 0.25) is 9.84 Å². The van der Waals surface area contributed by atoms with Crippen LogP contribution >= 0.6 is 0 Å². The molecule has 1 N–H and O–H groups in total. The van der Waals surface area contributed by atoms with E-state index in [0.717, 1.165) is 24.7 Å². The monoisotopic (exact) mass is 384 g/mol. The minimum absolute atomic E-state index is 0.109. The molecular weight excluding hydrogens is 369 g/mol. The minimum atomic E-state index is -4.66. The number of hydrogen-bond acceptors (Lipinski definition) is 5. The van der Waals surface area contributed by atoms with Crippen LogP contribution in [0.5, 0.6) is 5.75 Å². The number of fused-ring (bicyclic) bond motifs is 3. The van der Waals surface area contributed by atoms with Crippen molar-refractivity contribution in [3.8, 4) is 5.75 Å². The first-order chi connectivity index (χ1) is 12.3. The number of sulfone groups is 1. The van der Waals surface area contributed by atoms with E-state index in [1.54, 1.807) is 6.07 Å². The molecule has 2 aliphatic heterocycles. The largest absolute Gasteiger partial charge is 0.492 e. The third kappa shape index (κ3) is 2.84. The van der Waals surface area contributed by atoms with Gasteiger partial charge in [0.15, 0.2) is 0 Å². The smallest absolute Gasteiger partial charge is 0.417 e. The van der Waals surface area contributed by atoms with Crippen molar-refractivity contribution in [2.45, 2.75) is 34.3 Å². The van der Waals surface area contributed by atoms with Crippen molar-refractivity contribution in [2.75, 3.05) is 13.2 Å². The molecule has 0 radical (unpaired) electrons. The number of hydrogen-bond donors (Lipinski definition) is 1. The third-order valence-electron chi connectivity index (χ3n) is 4.81. The van der Waals surface area contributed by atoms with Crippen LogP contribution in [0.3, 0.4) is 0 Å². The Morgan fingerprint density at radius 2 is 1.96 bits per heavy atom. The van der Waals surface area contributed by atoms with Crippen molar-refractivity contribution in [1.82, 2.24) is 10.3 Å². The van der Waals surface area contributed by atoms with Crippen LogP contribution in [0.15, 0.2) is 46.5 Å². The Hall–Kier alpha value is -2.13. The number of ether oxygens (including phenoxy) is 1. The Morgan fingerprint density at radius 3 is 2.73 bits per heavy atom. The predicted octanol–water partition coefficient (Wildman–Crippen LogP) is 2.77. The number of rotatable bonds is 2. The van der Waals surface area contributed by atoms with Gasteiger partial charge in [-0.05, 0) is 36.7 Å². The summed E-state index contributed by atoms with van der Waals surface area (Å²) in [5.41, 5.74) is -0.181. The molecule has 0 aliphatic carbocycles. The first-order valence-corrected chi connectivity index (χ1v) is 9.52. The second-order valence-corrected chi connectivity index (χ2v) is 8.33. The fraction of sp³-hybridized carbons (Fsp3) is 0.353. The molecule has 2 aliphatic rings. The van der Waals surface area contributed by atoms with Gasteiger partial charge in [-0.1, -0.05) is 6.07 Å². The van der Waals surface area contributed by atoms with E-state index in [1.807, 2.05) is 0 Å². The van der Waals surface area contributed by atoms with Crippen LogP contribution in [0, 0.1) is 0 Å². The van der Waals surface area contributed by atoms with Crippen molar-refractivity contribution in [1.29, 1.82) is 0 Å². The van der Waals surface area contributed by atoms with Crippen molar-refractivity contribution in [3.05, 3.63) is 47.8 Å². The summed E-state index contributed by atoms with van der Waals surface area (Å²) in [7, 11) is -4.14. The molecule has 3 heterocycles. The highest BCUT2D eigenvalue weighted by Gasteiger charge is 2.36. The maximum absolute atomic E-state index is 12.8. The van der Waals surface area contributed by atoms with Gasteiger partial charge in [-0.15, -0.1) is 0 Å². The van der Waals surface area contributed by atoms with Crippen molar-refractivity contribution < 1.29 is 26.3 Å². The van der Waals surface area contributed by atoms with Crippen LogP contribution in [-0.2, 0) is 16.0 Å². The summed E-state index contributed by atoms with van der Waals surface area (Å²) in [6.45, 7) is 1.31. The maximum Gasteiger partial charge on any atom is 0.417 e. The summed E-state index contributed by atoms with van der Waals surface area (Å²) in [4.78, 5) is 2.83. The first kappa shape index (κ1) is 17.3. The fourth-order valence-corrected chi connectivity index (χ4v) is 4.73. The molecule has 0 spiro atoms. The molecular formula is C17H15F3N2O3S. The van der Waals surface area contributed by atoms with E-state index in [0.29, 0.717) is 24.6 Å². The van der Waals surface area contributed by atoms with Gasteiger partial charge in [0, 0.05) is 24.4 Å². The zero-order valence-corrected chi connectivity index (χ0v) is 14.3. The summed E-state index contributed by atoms with van der Waals surface area (Å²) < 4.78 is 69.7. The van der Waals surface area contributed by atoms with Crippen LogP contribution in [-0.4, -0.2) is 32.6 Å². The zero-order chi connectivity index (χ0) is 18.5. The van der Waals surface area contributed by atoms with E-state index in [2.05, 4.69) is 10.3 Å². The van der Waals surface area contributed by atoms with Crippen molar-refractivity contribution in [3.63, 3.8) is 0 Å². The molecule has 0 amide bonds. The number of halogens is 3. The number of nitrogens with one attached hydrogen (secondary N) is 1. The van der Waals surface area contributed by atoms with Crippen LogP contribution in [0.1, 0.15) is 23.5 Å². The van der Waals surface area contributed by atoms with Crippen LogP contribution in [0.4, 0.5) is 13.2 Å². The molecule has 0 bridgehead atoms. The minimum Gasteiger partial charge on any atom is -0.492 e. The molecule has 5 nitrogen and oxygen atoms in total. The number of benzene rings is 1. The lowest BCUT2D eigenvalue weighted by atomic mass is 9.90. The van der Waals surface area contributed by atoms with E-state index in [9.17, 15) is 21.6 Å². The van der Waals surface area contributed by atoms with Gasteiger partial charge in [0.05, 0.1) is 15.4 Å². The second kappa shape index (κ2) is 5.95. The lowest BCUT2D eigenvalue weighted by molar-refractivity contribution is -0.138. The molecule has 4 rings (SSSR count). The summed E-state index contributed by atoms with van der Waals surface area (Å²) in [5.74, 6) is 0.724. The Labute approximate surface area is 148 Å². The quantitative estimate of drug-likeness (QED) is 0.862. The SMILES string of the molecule is O=S(=O)(c1cncc(C(F)(F)F)c1)c1ccc2c(c1)OCC1NCCC21. The number of pyridine rings is 1. The molecule has 9 heteroatoms. The van der Waals surface area contributed by atoms with Crippen molar-refractivity contribution in [2.24, 2.45) is 0 Å². The fourth-order valence-electron chi connectivity index (χ4n) is 3.46. The van der Waals surface area contributed by atoms with Gasteiger partial charge >= 0.3 is 6.18 Å². The average molecular weight is 384 g/mol. The Kier molecular flexibility index (Phi) is 3.96. The maximum atomic E-state index is 12.8. The van der Waals surface area contributed by atoms with Gasteiger partial charge in [-0.25, -0.2) is 8.42 Å². The molecule has 1 aromatic carbocycles. The molecule has 1 fully saturated rings. The van der Waals surface area contributed by atoms with Gasteiger partial charge in [0.25, 0.3) is 0 Å². The van der Waals surface area contributed by atoms with E-state index < -0.39 is 26.5 Å². The molecule has 2 unspecified atom stereocenters. The molecule has 138 valence electrons. The van der Waals surface area contributed by atoms with E-state index in [-0.39, 0.29) is 16.9 Å². The summed E-state index contributed by atoms with van der Waals surface area (Å²) >= 11 is 0. The Bertz CT molecular complexity index is 960. The molecule has 0 saturated carbocycles. The number of alkyl halides is 3. The highest BCUT2D eigenvalue weighted by Crippen LogP contribution is 2.40. The third-order valence-corrected chi connectivity index (χ3v) is 6.53. The first-order valence-electron chi connectivity index (χ1n) is 8.04. The van der Waals surface area contributed by atoms with Crippen LogP contribution in [0.25, 0.3) is 0 Å². The molecule has 1 aromatic heterocycles. The average Bonchev–Trinajstić information content (AvgIpc) is 3.09. The van der Waals surface area contributed by atoms with E-state index in [1.165, 1.54) is 12.1 Å². The van der Waals surface area contributed by atoms with Gasteiger partial charge in [-0.2, -0.15) is 13.2 Å². The highest BCUT2D eigenvalue weighted by molar-refractivity contribution is 7.91. The molecule has 26 heavy (non-hydrogen) atoms. The number of aromatic nitrogens is 1. The topological polar surface area (TPSA) is 68.3 Å². The van der Waals surface area contributed by atoms with Crippen molar-refractivity contribution >= 4 is 9.84 Å². The van der Waals surface area contributed by atoms with E-state index >= 15 is 0 Å². The van der Waals surface area contributed by atoms with Gasteiger partial charge in [0.1, 0.15) is 12.4 Å². The Balaban J connectivity index is 1.73. The molecule has 2 aromatic rings. The Morgan fingerprint density at radius 1 is 1.15 bits per heavy atom. The zero-order valence-electron chi connectivity index (χ0n) is 13.5. The standard InChI is InChI=1S/C17H15F3N2O3S/c18-17(19,20)10-5-12(8-21-7-10)26(23,24)11-1-2-14-13-3-4-22-15(13)9-25-16(14)6-11/h1-2,5-8,13,15,22H,3-4,9H2. The predicted molar refractivity (Wildman–Crippen MR) is 85.8 cm³/mol. The lowest BCUT2D eigenvalue weighted by Gasteiger charge is -2.28. The molecule has 2 atom stereocenters. The normalized spacial score (nSPS) is 22.4. The summed E-state index contributed by atoms with van der Waals surface area (Å²) in [5, 5.41) is 3.33. The van der Waals surface area contributed by atoms with Gasteiger partial charge < -0.3 is 10.1 Å². The van der Waals surface area contributed by atoms with Crippen LogP contribution in [0.2, 0.25) is 0 Å². The van der Waals surface area contributed by atoms with E-state index in [4.69, 9.17) is 4.74 Å². The number of nitrogens with zero attached hydrogens (tertiary/aromatic N) is 1. The van der Waals surface area contributed by atoms with Gasteiger partial charge in [-0.3, -0.25) is 4.98 Å².